The molecule has 1 N–H and O–H groups in total. The molecule has 1 heterocycles. The van der Waals surface area contributed by atoms with E-state index in [1.807, 2.05) is 37.7 Å². The molecule has 5 nitrogen and oxygen atoms in total. The molecule has 102 valence electrons. The van der Waals surface area contributed by atoms with Gasteiger partial charge >= 0.3 is 0 Å². The number of aromatic nitrogens is 3. The maximum Gasteiger partial charge on any atom is 0.170 e. The van der Waals surface area contributed by atoms with Crippen LogP contribution >= 0.6 is 0 Å². The van der Waals surface area contributed by atoms with Crippen LogP contribution in [0.1, 0.15) is 30.2 Å². The number of rotatable bonds is 5. The molecule has 1 unspecified atom stereocenters. The predicted molar refractivity (Wildman–Crippen MR) is 74.0 cm³/mol. The summed E-state index contributed by atoms with van der Waals surface area (Å²) in [6.45, 7) is 4.47. The van der Waals surface area contributed by atoms with Crippen molar-refractivity contribution in [1.82, 2.24) is 20.1 Å². The fourth-order valence-electron chi connectivity index (χ4n) is 1.74. The molecule has 0 saturated carbocycles. The summed E-state index contributed by atoms with van der Waals surface area (Å²) >= 11 is 0. The van der Waals surface area contributed by atoms with Crippen LogP contribution in [0.25, 0.3) is 0 Å². The van der Waals surface area contributed by atoms with Crippen molar-refractivity contribution in [2.75, 3.05) is 7.05 Å². The van der Waals surface area contributed by atoms with Crippen LogP contribution in [0, 0.1) is 6.92 Å². The van der Waals surface area contributed by atoms with Gasteiger partial charge in [-0.15, -0.1) is 10.2 Å². The van der Waals surface area contributed by atoms with Gasteiger partial charge < -0.3 is 14.6 Å². The number of aryl methyl sites for hydroxylation is 1. The molecular formula is C14H20N4O. The molecule has 0 amide bonds. The Morgan fingerprint density at radius 2 is 1.95 bits per heavy atom. The first-order chi connectivity index (χ1) is 9.11. The van der Waals surface area contributed by atoms with Crippen LogP contribution in [0.2, 0.25) is 0 Å². The van der Waals surface area contributed by atoms with Crippen molar-refractivity contribution in [2.24, 2.45) is 7.05 Å². The summed E-state index contributed by atoms with van der Waals surface area (Å²) in [6, 6.07) is 8.44. The number of benzene rings is 1. The fourth-order valence-corrected chi connectivity index (χ4v) is 1.74. The summed E-state index contributed by atoms with van der Waals surface area (Å²) in [5, 5.41) is 11.3. The van der Waals surface area contributed by atoms with Crippen LogP contribution in [-0.2, 0) is 13.7 Å². The van der Waals surface area contributed by atoms with E-state index in [0.717, 1.165) is 17.4 Å². The summed E-state index contributed by atoms with van der Waals surface area (Å²) in [5.74, 6) is 2.55. The number of nitrogens with one attached hydrogen (secondary N) is 1. The van der Waals surface area contributed by atoms with Gasteiger partial charge in [0.2, 0.25) is 0 Å². The van der Waals surface area contributed by atoms with Crippen LogP contribution in [0.3, 0.4) is 0 Å². The van der Waals surface area contributed by atoms with Gasteiger partial charge in [0.1, 0.15) is 18.2 Å². The highest BCUT2D eigenvalue weighted by Gasteiger charge is 2.06. The Morgan fingerprint density at radius 3 is 2.47 bits per heavy atom. The second kappa shape index (κ2) is 5.84. The molecule has 1 aromatic heterocycles. The maximum atomic E-state index is 5.71. The van der Waals surface area contributed by atoms with E-state index in [2.05, 4.69) is 34.6 Å². The van der Waals surface area contributed by atoms with Crippen molar-refractivity contribution >= 4 is 0 Å². The second-order valence-electron chi connectivity index (χ2n) is 4.59. The highest BCUT2D eigenvalue weighted by molar-refractivity contribution is 5.28. The van der Waals surface area contributed by atoms with E-state index in [1.54, 1.807) is 0 Å². The summed E-state index contributed by atoms with van der Waals surface area (Å²) < 4.78 is 7.64. The van der Waals surface area contributed by atoms with Crippen molar-refractivity contribution in [2.45, 2.75) is 26.5 Å². The zero-order valence-electron chi connectivity index (χ0n) is 11.8. The van der Waals surface area contributed by atoms with E-state index in [0.29, 0.717) is 12.6 Å². The minimum Gasteiger partial charge on any atom is -0.486 e. The molecule has 2 rings (SSSR count). The van der Waals surface area contributed by atoms with Gasteiger partial charge in [0.25, 0.3) is 0 Å². The van der Waals surface area contributed by atoms with Crippen LogP contribution in [0.5, 0.6) is 5.75 Å². The molecule has 19 heavy (non-hydrogen) atoms. The average Bonchev–Trinajstić information content (AvgIpc) is 2.76. The van der Waals surface area contributed by atoms with Gasteiger partial charge in [0.15, 0.2) is 5.82 Å². The summed E-state index contributed by atoms with van der Waals surface area (Å²) in [5.41, 5.74) is 1.24. The Hall–Kier alpha value is -1.88. The summed E-state index contributed by atoms with van der Waals surface area (Å²) in [6.07, 6.45) is 0. The highest BCUT2D eigenvalue weighted by Crippen LogP contribution is 2.18. The topological polar surface area (TPSA) is 52.0 Å². The molecular weight excluding hydrogens is 240 g/mol. The average molecular weight is 260 g/mol. The zero-order valence-corrected chi connectivity index (χ0v) is 11.8. The van der Waals surface area contributed by atoms with Crippen LogP contribution in [0.15, 0.2) is 24.3 Å². The third-order valence-corrected chi connectivity index (χ3v) is 3.36. The molecule has 0 aliphatic heterocycles. The number of hydrogen-bond donors (Lipinski definition) is 1. The molecule has 0 aliphatic carbocycles. The van der Waals surface area contributed by atoms with E-state index in [9.17, 15) is 0 Å². The monoisotopic (exact) mass is 260 g/mol. The normalized spacial score (nSPS) is 12.4. The number of nitrogens with zero attached hydrogens (tertiary/aromatic N) is 3. The van der Waals surface area contributed by atoms with Crippen LogP contribution in [-0.4, -0.2) is 21.8 Å². The predicted octanol–water partition coefficient (Wildman–Crippen LogP) is 1.98. The molecule has 0 radical (unpaired) electrons. The van der Waals surface area contributed by atoms with Gasteiger partial charge in [0.05, 0.1) is 0 Å². The quantitative estimate of drug-likeness (QED) is 0.893. The lowest BCUT2D eigenvalue weighted by molar-refractivity contribution is 0.291. The lowest BCUT2D eigenvalue weighted by Gasteiger charge is -2.11. The Balaban J connectivity index is 1.98. The first-order valence-corrected chi connectivity index (χ1v) is 6.36. The first-order valence-electron chi connectivity index (χ1n) is 6.36. The second-order valence-corrected chi connectivity index (χ2v) is 4.59. The Labute approximate surface area is 113 Å². The van der Waals surface area contributed by atoms with Crippen molar-refractivity contribution in [3.05, 3.63) is 41.5 Å². The van der Waals surface area contributed by atoms with Crippen LogP contribution < -0.4 is 10.1 Å². The molecule has 0 spiro atoms. The third kappa shape index (κ3) is 3.12. The number of ether oxygens (including phenoxy) is 1. The molecule has 5 heteroatoms. The number of hydrogen-bond acceptors (Lipinski definition) is 4. The van der Waals surface area contributed by atoms with E-state index in [4.69, 9.17) is 4.74 Å². The van der Waals surface area contributed by atoms with E-state index in [1.165, 1.54) is 5.56 Å². The maximum absolute atomic E-state index is 5.71. The van der Waals surface area contributed by atoms with Crippen LogP contribution in [0.4, 0.5) is 0 Å². The zero-order chi connectivity index (χ0) is 13.8. The smallest absolute Gasteiger partial charge is 0.170 e. The third-order valence-electron chi connectivity index (χ3n) is 3.36. The van der Waals surface area contributed by atoms with E-state index in [-0.39, 0.29) is 0 Å². The molecule has 2 aromatic rings. The standard InChI is InChI=1S/C14H20N4O/c1-10(15-3)12-5-7-13(8-6-12)19-9-14-17-16-11(2)18(14)4/h5-8,10,15H,9H2,1-4H3. The molecule has 0 saturated heterocycles. The van der Waals surface area contributed by atoms with Gasteiger partial charge in [-0.2, -0.15) is 0 Å². The Bertz CT molecular complexity index is 533. The lowest BCUT2D eigenvalue weighted by Crippen LogP contribution is -2.12. The summed E-state index contributed by atoms with van der Waals surface area (Å²) in [7, 11) is 3.89. The van der Waals surface area contributed by atoms with Crippen molar-refractivity contribution in [1.29, 1.82) is 0 Å². The largest absolute Gasteiger partial charge is 0.486 e. The molecule has 0 bridgehead atoms. The highest BCUT2D eigenvalue weighted by atomic mass is 16.5. The van der Waals surface area contributed by atoms with Gasteiger partial charge in [-0.05, 0) is 38.6 Å². The van der Waals surface area contributed by atoms with Gasteiger partial charge in [-0.3, -0.25) is 0 Å². The molecule has 0 aliphatic rings. The minimum atomic E-state index is 0.343. The Kier molecular flexibility index (Phi) is 4.16. The van der Waals surface area contributed by atoms with Gasteiger partial charge in [-0.25, -0.2) is 0 Å². The lowest BCUT2D eigenvalue weighted by atomic mass is 10.1. The first kappa shape index (κ1) is 13.5. The summed E-state index contributed by atoms with van der Waals surface area (Å²) in [4.78, 5) is 0. The van der Waals surface area contributed by atoms with E-state index < -0.39 is 0 Å². The van der Waals surface area contributed by atoms with Crippen molar-refractivity contribution in [3.8, 4) is 5.75 Å². The van der Waals surface area contributed by atoms with Gasteiger partial charge in [0, 0.05) is 13.1 Å². The molecule has 1 aromatic carbocycles. The Morgan fingerprint density at radius 1 is 1.26 bits per heavy atom. The van der Waals surface area contributed by atoms with E-state index >= 15 is 0 Å². The molecule has 0 fully saturated rings. The minimum absolute atomic E-state index is 0.343. The van der Waals surface area contributed by atoms with Crippen molar-refractivity contribution in [3.63, 3.8) is 0 Å². The van der Waals surface area contributed by atoms with Crippen molar-refractivity contribution < 1.29 is 4.74 Å². The SMILES string of the molecule is CNC(C)c1ccc(OCc2nnc(C)n2C)cc1. The fraction of sp³-hybridized carbons (Fsp3) is 0.429. The van der Waals surface area contributed by atoms with Gasteiger partial charge in [-0.1, -0.05) is 12.1 Å². The molecule has 1 atom stereocenters.